The summed E-state index contributed by atoms with van der Waals surface area (Å²) in [4.78, 5) is 3.89. The molecule has 1 atom stereocenters. The molecular formula is C11H13F3N2. The second kappa shape index (κ2) is 4.41. The Labute approximate surface area is 91.9 Å². The van der Waals surface area contributed by atoms with Crippen LogP contribution < -0.4 is 5.32 Å². The van der Waals surface area contributed by atoms with Crippen molar-refractivity contribution in [3.8, 4) is 0 Å². The Bertz CT molecular complexity index is 356. The van der Waals surface area contributed by atoms with E-state index in [1.807, 2.05) is 0 Å². The van der Waals surface area contributed by atoms with Crippen LogP contribution in [0.1, 0.15) is 36.6 Å². The van der Waals surface area contributed by atoms with E-state index in [1.54, 1.807) is 0 Å². The number of hydrogen-bond donors (Lipinski definition) is 1. The fourth-order valence-corrected chi connectivity index (χ4v) is 2.02. The third-order valence-corrected chi connectivity index (χ3v) is 2.78. The van der Waals surface area contributed by atoms with Gasteiger partial charge in [0.25, 0.3) is 0 Å². The zero-order valence-electron chi connectivity index (χ0n) is 8.72. The van der Waals surface area contributed by atoms with Crippen molar-refractivity contribution in [2.24, 2.45) is 0 Å². The summed E-state index contributed by atoms with van der Waals surface area (Å²) in [5.74, 6) is 0. The predicted octanol–water partition coefficient (Wildman–Crippen LogP) is 2.92. The van der Waals surface area contributed by atoms with Gasteiger partial charge in [0.05, 0.1) is 17.3 Å². The number of hydrogen-bond acceptors (Lipinski definition) is 2. The summed E-state index contributed by atoms with van der Waals surface area (Å²) in [5.41, 5.74) is -0.482. The van der Waals surface area contributed by atoms with E-state index in [0.29, 0.717) is 0 Å². The minimum Gasteiger partial charge on any atom is -0.309 e. The van der Waals surface area contributed by atoms with Crippen molar-refractivity contribution in [3.05, 3.63) is 29.6 Å². The summed E-state index contributed by atoms with van der Waals surface area (Å²) in [6, 6.07) is 2.17. The molecular weight excluding hydrogens is 217 g/mol. The largest absolute Gasteiger partial charge is 0.418 e. The lowest BCUT2D eigenvalue weighted by Gasteiger charge is -2.25. The van der Waals surface area contributed by atoms with Crippen molar-refractivity contribution in [2.75, 3.05) is 6.54 Å². The zero-order chi connectivity index (χ0) is 11.6. The van der Waals surface area contributed by atoms with Crippen molar-refractivity contribution < 1.29 is 13.2 Å². The quantitative estimate of drug-likeness (QED) is 0.802. The summed E-state index contributed by atoms with van der Waals surface area (Å²) in [6.45, 7) is 0.762. The zero-order valence-corrected chi connectivity index (χ0v) is 8.72. The van der Waals surface area contributed by atoms with Crippen LogP contribution in [-0.4, -0.2) is 11.5 Å². The second-order valence-corrected chi connectivity index (χ2v) is 3.94. The molecule has 0 spiro atoms. The Morgan fingerprint density at radius 3 is 2.75 bits per heavy atom. The molecule has 0 saturated carbocycles. The molecule has 1 unspecified atom stereocenters. The van der Waals surface area contributed by atoms with Gasteiger partial charge in [-0.1, -0.05) is 6.42 Å². The Kier molecular flexibility index (Phi) is 3.14. The molecule has 1 aliphatic rings. The standard InChI is InChI=1S/C11H13F3N2/c12-11(13,14)8-4-3-7-16-10(8)9-5-1-2-6-15-9/h3-4,7,9,15H,1-2,5-6H2. The molecule has 88 valence electrons. The van der Waals surface area contributed by atoms with Crippen LogP contribution in [0.5, 0.6) is 0 Å². The maximum atomic E-state index is 12.7. The third kappa shape index (κ3) is 2.35. The highest BCUT2D eigenvalue weighted by molar-refractivity contribution is 5.26. The molecule has 16 heavy (non-hydrogen) atoms. The molecule has 0 radical (unpaired) electrons. The molecule has 0 aromatic carbocycles. The highest BCUT2D eigenvalue weighted by Gasteiger charge is 2.36. The maximum Gasteiger partial charge on any atom is 0.418 e. The van der Waals surface area contributed by atoms with E-state index < -0.39 is 11.7 Å². The van der Waals surface area contributed by atoms with E-state index in [2.05, 4.69) is 10.3 Å². The molecule has 2 rings (SSSR count). The Hall–Kier alpha value is -1.10. The SMILES string of the molecule is FC(F)(F)c1cccnc1C1CCCCN1. The van der Waals surface area contributed by atoms with Gasteiger partial charge in [0.1, 0.15) is 0 Å². The van der Waals surface area contributed by atoms with Crippen LogP contribution in [0.15, 0.2) is 18.3 Å². The van der Waals surface area contributed by atoms with Gasteiger partial charge in [-0.15, -0.1) is 0 Å². The lowest BCUT2D eigenvalue weighted by Crippen LogP contribution is -2.29. The number of piperidine rings is 1. The van der Waals surface area contributed by atoms with Gasteiger partial charge < -0.3 is 5.32 Å². The summed E-state index contributed by atoms with van der Waals surface area (Å²) < 4.78 is 38.2. The third-order valence-electron chi connectivity index (χ3n) is 2.78. The molecule has 0 amide bonds. The fourth-order valence-electron chi connectivity index (χ4n) is 2.02. The lowest BCUT2D eigenvalue weighted by molar-refractivity contribution is -0.138. The highest BCUT2D eigenvalue weighted by Crippen LogP contribution is 2.35. The van der Waals surface area contributed by atoms with E-state index in [0.717, 1.165) is 31.9 Å². The monoisotopic (exact) mass is 230 g/mol. The summed E-state index contributed by atoms with van der Waals surface area (Å²) in [7, 11) is 0. The maximum absolute atomic E-state index is 12.7. The first-order chi connectivity index (χ1) is 7.59. The lowest BCUT2D eigenvalue weighted by atomic mass is 9.98. The Balaban J connectivity index is 2.32. The van der Waals surface area contributed by atoms with Gasteiger partial charge in [0.2, 0.25) is 0 Å². The summed E-state index contributed by atoms with van der Waals surface area (Å²) in [5, 5.41) is 3.09. The van der Waals surface area contributed by atoms with Crippen molar-refractivity contribution >= 4 is 0 Å². The number of alkyl halides is 3. The molecule has 5 heteroatoms. The van der Waals surface area contributed by atoms with E-state index in [-0.39, 0.29) is 11.7 Å². The van der Waals surface area contributed by atoms with Crippen molar-refractivity contribution in [2.45, 2.75) is 31.5 Å². The average Bonchev–Trinajstić information content (AvgIpc) is 2.29. The van der Waals surface area contributed by atoms with Crippen LogP contribution in [0.2, 0.25) is 0 Å². The van der Waals surface area contributed by atoms with Crippen LogP contribution in [-0.2, 0) is 6.18 Å². The topological polar surface area (TPSA) is 24.9 Å². The van der Waals surface area contributed by atoms with Gasteiger partial charge in [-0.2, -0.15) is 13.2 Å². The van der Waals surface area contributed by atoms with E-state index in [4.69, 9.17) is 0 Å². The van der Waals surface area contributed by atoms with Crippen LogP contribution in [0.3, 0.4) is 0 Å². The first kappa shape index (κ1) is 11.4. The molecule has 1 aliphatic heterocycles. The molecule has 1 N–H and O–H groups in total. The summed E-state index contributed by atoms with van der Waals surface area (Å²) in [6.07, 6.45) is -0.208. The summed E-state index contributed by atoms with van der Waals surface area (Å²) >= 11 is 0. The first-order valence-corrected chi connectivity index (χ1v) is 5.34. The van der Waals surface area contributed by atoms with Gasteiger partial charge in [-0.05, 0) is 31.5 Å². The smallest absolute Gasteiger partial charge is 0.309 e. The van der Waals surface area contributed by atoms with Gasteiger partial charge >= 0.3 is 6.18 Å². The van der Waals surface area contributed by atoms with Crippen LogP contribution in [0.4, 0.5) is 13.2 Å². The number of pyridine rings is 1. The van der Waals surface area contributed by atoms with Crippen LogP contribution in [0.25, 0.3) is 0 Å². The van der Waals surface area contributed by atoms with Crippen LogP contribution in [0, 0.1) is 0 Å². The van der Waals surface area contributed by atoms with E-state index in [9.17, 15) is 13.2 Å². The number of nitrogens with one attached hydrogen (secondary N) is 1. The Morgan fingerprint density at radius 2 is 2.12 bits per heavy atom. The predicted molar refractivity (Wildman–Crippen MR) is 53.8 cm³/mol. The van der Waals surface area contributed by atoms with E-state index >= 15 is 0 Å². The van der Waals surface area contributed by atoms with Gasteiger partial charge in [-0.3, -0.25) is 4.98 Å². The Morgan fingerprint density at radius 1 is 1.31 bits per heavy atom. The normalized spacial score (nSPS) is 22.1. The fraction of sp³-hybridized carbons (Fsp3) is 0.545. The number of nitrogens with zero attached hydrogens (tertiary/aromatic N) is 1. The minimum atomic E-state index is -4.32. The molecule has 1 aromatic heterocycles. The van der Waals surface area contributed by atoms with Gasteiger partial charge in [0.15, 0.2) is 0 Å². The molecule has 2 heterocycles. The molecule has 1 fully saturated rings. The van der Waals surface area contributed by atoms with Gasteiger partial charge in [0, 0.05) is 6.20 Å². The molecule has 1 aromatic rings. The minimum absolute atomic E-state index is 0.134. The second-order valence-electron chi connectivity index (χ2n) is 3.94. The average molecular weight is 230 g/mol. The van der Waals surface area contributed by atoms with Crippen molar-refractivity contribution in [1.29, 1.82) is 0 Å². The first-order valence-electron chi connectivity index (χ1n) is 5.34. The number of aromatic nitrogens is 1. The van der Waals surface area contributed by atoms with E-state index in [1.165, 1.54) is 12.3 Å². The molecule has 0 bridgehead atoms. The molecule has 1 saturated heterocycles. The number of halogens is 3. The highest BCUT2D eigenvalue weighted by atomic mass is 19.4. The molecule has 0 aliphatic carbocycles. The van der Waals surface area contributed by atoms with Crippen molar-refractivity contribution in [3.63, 3.8) is 0 Å². The van der Waals surface area contributed by atoms with Gasteiger partial charge in [-0.25, -0.2) is 0 Å². The van der Waals surface area contributed by atoms with Crippen LogP contribution >= 0.6 is 0 Å². The van der Waals surface area contributed by atoms with Crippen molar-refractivity contribution in [1.82, 2.24) is 10.3 Å². The molecule has 2 nitrogen and oxygen atoms in total. The number of rotatable bonds is 1.